The van der Waals surface area contributed by atoms with Gasteiger partial charge < -0.3 is 14.8 Å². The zero-order chi connectivity index (χ0) is 12.3. The van der Waals surface area contributed by atoms with Gasteiger partial charge in [-0.2, -0.15) is 0 Å². The van der Waals surface area contributed by atoms with Gasteiger partial charge in [0.2, 0.25) is 0 Å². The average molecular weight is 233 g/mol. The third-order valence-corrected chi connectivity index (χ3v) is 3.24. The second-order valence-corrected chi connectivity index (χ2v) is 4.33. The highest BCUT2D eigenvalue weighted by atomic mass is 16.4. The van der Waals surface area contributed by atoms with E-state index < -0.39 is 6.09 Å². The third-order valence-electron chi connectivity index (χ3n) is 3.24. The first-order valence-electron chi connectivity index (χ1n) is 5.72. The Morgan fingerprint density at radius 1 is 1.29 bits per heavy atom. The van der Waals surface area contributed by atoms with Gasteiger partial charge in [-0.15, -0.1) is 0 Å². The van der Waals surface area contributed by atoms with Crippen LogP contribution in [0.5, 0.6) is 0 Å². The van der Waals surface area contributed by atoms with Gasteiger partial charge in [0.15, 0.2) is 0 Å². The first-order chi connectivity index (χ1) is 8.22. The molecule has 1 aliphatic rings. The topological polar surface area (TPSA) is 57.6 Å². The highest BCUT2D eigenvalue weighted by molar-refractivity contribution is 5.67. The van der Waals surface area contributed by atoms with Gasteiger partial charge in [0.05, 0.1) is 6.04 Å². The number of carbonyl (C=O) groups is 2. The van der Waals surface area contributed by atoms with Crippen LogP contribution in [-0.2, 0) is 4.79 Å². The molecule has 0 saturated carbocycles. The summed E-state index contributed by atoms with van der Waals surface area (Å²) in [6, 6.07) is 9.46. The molecule has 4 heteroatoms. The van der Waals surface area contributed by atoms with Crippen molar-refractivity contribution in [3.63, 3.8) is 0 Å². The number of carboxylic acid groups (broad SMARTS) is 1. The molecule has 0 spiro atoms. The van der Waals surface area contributed by atoms with E-state index in [1.807, 2.05) is 30.3 Å². The summed E-state index contributed by atoms with van der Waals surface area (Å²) >= 11 is 0. The first-order valence-corrected chi connectivity index (χ1v) is 5.72. The SMILES string of the molecule is O=CC1CCC(c2ccccc2)N(C(=O)O)C1. The van der Waals surface area contributed by atoms with Crippen molar-refractivity contribution in [2.45, 2.75) is 18.9 Å². The quantitative estimate of drug-likeness (QED) is 0.797. The molecule has 1 heterocycles. The van der Waals surface area contributed by atoms with Crippen molar-refractivity contribution in [2.24, 2.45) is 5.92 Å². The minimum Gasteiger partial charge on any atom is -0.465 e. The normalized spacial score (nSPS) is 24.4. The summed E-state index contributed by atoms with van der Waals surface area (Å²) in [4.78, 5) is 23.3. The summed E-state index contributed by atoms with van der Waals surface area (Å²) in [6.07, 6.45) is 1.37. The van der Waals surface area contributed by atoms with Crippen molar-refractivity contribution < 1.29 is 14.7 Å². The molecule has 2 rings (SSSR count). The Hall–Kier alpha value is -1.84. The summed E-state index contributed by atoms with van der Waals surface area (Å²) in [7, 11) is 0. The standard InChI is InChI=1S/C13H15NO3/c15-9-10-6-7-12(14(8-10)13(16)17)11-4-2-1-3-5-11/h1-5,9-10,12H,6-8H2,(H,16,17). The minimum atomic E-state index is -0.953. The van der Waals surface area contributed by atoms with Gasteiger partial charge in [-0.05, 0) is 18.4 Å². The predicted octanol–water partition coefficient (Wildman–Crippen LogP) is 2.32. The average Bonchev–Trinajstić information content (AvgIpc) is 2.39. The second-order valence-electron chi connectivity index (χ2n) is 4.33. The lowest BCUT2D eigenvalue weighted by molar-refractivity contribution is -0.112. The Morgan fingerprint density at radius 3 is 2.59 bits per heavy atom. The largest absolute Gasteiger partial charge is 0.465 e. The molecule has 1 amide bonds. The maximum Gasteiger partial charge on any atom is 0.407 e. The molecule has 4 nitrogen and oxygen atoms in total. The minimum absolute atomic E-state index is 0.120. The van der Waals surface area contributed by atoms with E-state index >= 15 is 0 Å². The van der Waals surface area contributed by atoms with Crippen LogP contribution in [0.2, 0.25) is 0 Å². The van der Waals surface area contributed by atoms with E-state index in [0.29, 0.717) is 13.0 Å². The van der Waals surface area contributed by atoms with Crippen molar-refractivity contribution in [3.05, 3.63) is 35.9 Å². The summed E-state index contributed by atoms with van der Waals surface area (Å²) in [5.74, 6) is -0.161. The lowest BCUT2D eigenvalue weighted by Gasteiger charge is -2.36. The molecule has 1 aliphatic heterocycles. The molecule has 90 valence electrons. The lowest BCUT2D eigenvalue weighted by atomic mass is 9.90. The van der Waals surface area contributed by atoms with Gasteiger partial charge in [0.1, 0.15) is 6.29 Å². The van der Waals surface area contributed by atoms with Crippen molar-refractivity contribution >= 4 is 12.4 Å². The molecule has 2 atom stereocenters. The Bertz CT molecular complexity index is 404. The summed E-state index contributed by atoms with van der Waals surface area (Å²) in [6.45, 7) is 0.304. The highest BCUT2D eigenvalue weighted by Crippen LogP contribution is 2.32. The first kappa shape index (κ1) is 11.6. The molecular weight excluding hydrogens is 218 g/mol. The molecule has 2 unspecified atom stereocenters. The maximum atomic E-state index is 11.2. The van der Waals surface area contributed by atoms with Gasteiger partial charge in [-0.3, -0.25) is 0 Å². The molecule has 0 aromatic heterocycles. The van der Waals surface area contributed by atoms with E-state index in [-0.39, 0.29) is 12.0 Å². The van der Waals surface area contributed by atoms with E-state index in [1.165, 1.54) is 4.90 Å². The zero-order valence-electron chi connectivity index (χ0n) is 9.45. The number of benzene rings is 1. The molecule has 1 aromatic carbocycles. The van der Waals surface area contributed by atoms with E-state index in [2.05, 4.69) is 0 Å². The van der Waals surface area contributed by atoms with Crippen LogP contribution < -0.4 is 0 Å². The number of likely N-dealkylation sites (tertiary alicyclic amines) is 1. The fourth-order valence-corrected chi connectivity index (χ4v) is 2.34. The van der Waals surface area contributed by atoms with E-state index in [1.54, 1.807) is 0 Å². The van der Waals surface area contributed by atoms with Crippen LogP contribution in [0.25, 0.3) is 0 Å². The van der Waals surface area contributed by atoms with Crippen molar-refractivity contribution in [1.29, 1.82) is 0 Å². The summed E-state index contributed by atoms with van der Waals surface area (Å²) in [5.41, 5.74) is 0.999. The maximum absolute atomic E-state index is 11.2. The van der Waals surface area contributed by atoms with E-state index in [0.717, 1.165) is 18.3 Å². The molecule has 1 saturated heterocycles. The number of piperidine rings is 1. The number of hydrogen-bond acceptors (Lipinski definition) is 2. The number of rotatable bonds is 2. The monoisotopic (exact) mass is 233 g/mol. The zero-order valence-corrected chi connectivity index (χ0v) is 9.45. The van der Waals surface area contributed by atoms with Gasteiger partial charge in [0, 0.05) is 12.5 Å². The number of hydrogen-bond donors (Lipinski definition) is 1. The third kappa shape index (κ3) is 2.46. The lowest BCUT2D eigenvalue weighted by Crippen LogP contribution is -2.41. The molecule has 1 aromatic rings. The fraction of sp³-hybridized carbons (Fsp3) is 0.385. The van der Waals surface area contributed by atoms with E-state index in [9.17, 15) is 14.7 Å². The van der Waals surface area contributed by atoms with Gasteiger partial charge >= 0.3 is 6.09 Å². The van der Waals surface area contributed by atoms with E-state index in [4.69, 9.17) is 0 Å². The smallest absolute Gasteiger partial charge is 0.407 e. The second kappa shape index (κ2) is 4.99. The molecule has 0 bridgehead atoms. The Morgan fingerprint density at radius 2 is 2.00 bits per heavy atom. The van der Waals surface area contributed by atoms with Crippen LogP contribution in [0, 0.1) is 5.92 Å². The van der Waals surface area contributed by atoms with Gasteiger partial charge in [0.25, 0.3) is 0 Å². The number of carbonyl (C=O) groups excluding carboxylic acids is 1. The highest BCUT2D eigenvalue weighted by Gasteiger charge is 2.32. The van der Waals surface area contributed by atoms with Crippen LogP contribution in [0.4, 0.5) is 4.79 Å². The molecule has 1 fully saturated rings. The van der Waals surface area contributed by atoms with Crippen molar-refractivity contribution in [3.8, 4) is 0 Å². The summed E-state index contributed by atoms with van der Waals surface area (Å²) < 4.78 is 0. The van der Waals surface area contributed by atoms with Crippen LogP contribution in [0.15, 0.2) is 30.3 Å². The van der Waals surface area contributed by atoms with Crippen molar-refractivity contribution in [2.75, 3.05) is 6.54 Å². The van der Waals surface area contributed by atoms with Crippen LogP contribution in [0.1, 0.15) is 24.4 Å². The molecule has 0 radical (unpaired) electrons. The van der Waals surface area contributed by atoms with Crippen LogP contribution in [0.3, 0.4) is 0 Å². The van der Waals surface area contributed by atoms with Crippen LogP contribution in [-0.4, -0.2) is 28.9 Å². The summed E-state index contributed by atoms with van der Waals surface area (Å²) in [5, 5.41) is 9.19. The molecule has 0 aliphatic carbocycles. The Kier molecular flexibility index (Phi) is 3.42. The Labute approximate surface area is 99.9 Å². The predicted molar refractivity (Wildman–Crippen MR) is 62.7 cm³/mol. The molecular formula is C13H15NO3. The number of nitrogens with zero attached hydrogens (tertiary/aromatic N) is 1. The van der Waals surface area contributed by atoms with Crippen LogP contribution >= 0.6 is 0 Å². The van der Waals surface area contributed by atoms with Gasteiger partial charge in [-0.25, -0.2) is 4.79 Å². The Balaban J connectivity index is 2.21. The van der Waals surface area contributed by atoms with Gasteiger partial charge in [-0.1, -0.05) is 30.3 Å². The van der Waals surface area contributed by atoms with Crippen molar-refractivity contribution in [1.82, 2.24) is 4.90 Å². The fourth-order valence-electron chi connectivity index (χ4n) is 2.34. The number of amides is 1. The molecule has 17 heavy (non-hydrogen) atoms. The number of aldehydes is 1. The molecule has 1 N–H and O–H groups in total.